The summed E-state index contributed by atoms with van der Waals surface area (Å²) in [4.78, 5) is 3.43. The van der Waals surface area contributed by atoms with Crippen molar-refractivity contribution in [3.05, 3.63) is 34.5 Å². The zero-order chi connectivity index (χ0) is 10.4. The molecule has 2 aromatic rings. The van der Waals surface area contributed by atoms with Crippen LogP contribution in [0.3, 0.4) is 0 Å². The number of hydrogen-bond donors (Lipinski definition) is 2. The molecule has 1 aliphatic carbocycles. The highest BCUT2D eigenvalue weighted by Crippen LogP contribution is 2.38. The molecule has 1 aliphatic rings. The molecule has 0 radical (unpaired) electrons. The minimum absolute atomic E-state index is 0.489. The van der Waals surface area contributed by atoms with Crippen LogP contribution in [0.5, 0.6) is 0 Å². The second-order valence-electron chi connectivity index (χ2n) is 4.15. The van der Waals surface area contributed by atoms with Gasteiger partial charge in [0.1, 0.15) is 0 Å². The van der Waals surface area contributed by atoms with E-state index in [-0.39, 0.29) is 0 Å². The first-order valence-electron chi connectivity index (χ1n) is 5.30. The van der Waals surface area contributed by atoms with Crippen LogP contribution in [0.2, 0.25) is 5.02 Å². The molecule has 0 saturated heterocycles. The van der Waals surface area contributed by atoms with Crippen molar-refractivity contribution in [2.24, 2.45) is 5.73 Å². The summed E-state index contributed by atoms with van der Waals surface area (Å²) in [6.45, 7) is 0.720. The summed E-state index contributed by atoms with van der Waals surface area (Å²) in [6.07, 6.45) is 2.29. The van der Waals surface area contributed by atoms with E-state index in [1.54, 1.807) is 0 Å². The maximum atomic E-state index is 6.15. The Kier molecular flexibility index (Phi) is 2.01. The number of aromatic nitrogens is 1. The molecule has 1 unspecified atom stereocenters. The van der Waals surface area contributed by atoms with Crippen LogP contribution >= 0.6 is 11.6 Å². The quantitative estimate of drug-likeness (QED) is 0.763. The first-order chi connectivity index (χ1) is 7.31. The molecule has 0 spiro atoms. The smallest absolute Gasteiger partial charge is 0.0648 e. The Hall–Kier alpha value is -0.990. The Bertz CT molecular complexity index is 516. The molecule has 0 saturated carbocycles. The van der Waals surface area contributed by atoms with E-state index in [2.05, 4.69) is 11.1 Å². The molecule has 78 valence electrons. The van der Waals surface area contributed by atoms with E-state index in [1.807, 2.05) is 12.1 Å². The zero-order valence-corrected chi connectivity index (χ0v) is 9.14. The molecular formula is C12H13ClN2. The van der Waals surface area contributed by atoms with Gasteiger partial charge in [-0.25, -0.2) is 0 Å². The molecule has 0 amide bonds. The van der Waals surface area contributed by atoms with E-state index in [9.17, 15) is 0 Å². The number of rotatable bonds is 1. The lowest BCUT2D eigenvalue weighted by Gasteiger charge is -2.04. The number of halogens is 1. The maximum absolute atomic E-state index is 6.15. The van der Waals surface area contributed by atoms with Crippen molar-refractivity contribution in [3.63, 3.8) is 0 Å². The number of benzene rings is 1. The predicted octanol–water partition coefficient (Wildman–Crippen LogP) is 2.81. The minimum Gasteiger partial charge on any atom is -0.357 e. The summed E-state index contributed by atoms with van der Waals surface area (Å²) < 4.78 is 0. The second-order valence-corrected chi connectivity index (χ2v) is 4.56. The Balaban J connectivity index is 2.29. The van der Waals surface area contributed by atoms with Crippen molar-refractivity contribution in [1.82, 2.24) is 4.98 Å². The molecule has 3 N–H and O–H groups in total. The van der Waals surface area contributed by atoms with Gasteiger partial charge in [-0.05, 0) is 24.5 Å². The monoisotopic (exact) mass is 220 g/mol. The van der Waals surface area contributed by atoms with Gasteiger partial charge in [-0.2, -0.15) is 0 Å². The highest BCUT2D eigenvalue weighted by atomic mass is 35.5. The fraction of sp³-hybridized carbons (Fsp3) is 0.333. The predicted molar refractivity (Wildman–Crippen MR) is 63.4 cm³/mol. The van der Waals surface area contributed by atoms with Crippen LogP contribution in [0.1, 0.15) is 23.6 Å². The molecule has 15 heavy (non-hydrogen) atoms. The van der Waals surface area contributed by atoms with Gasteiger partial charge in [-0.1, -0.05) is 23.7 Å². The Morgan fingerprint density at radius 3 is 3.13 bits per heavy atom. The normalized spacial score (nSPS) is 19.7. The number of H-pyrrole nitrogens is 1. The molecule has 1 heterocycles. The van der Waals surface area contributed by atoms with Crippen molar-refractivity contribution >= 4 is 22.5 Å². The van der Waals surface area contributed by atoms with Crippen molar-refractivity contribution in [2.75, 3.05) is 6.54 Å². The SMILES string of the molecule is NCC1CCc2c1[nH]c1c(Cl)cccc21. The summed E-state index contributed by atoms with van der Waals surface area (Å²) in [6, 6.07) is 6.07. The molecule has 3 rings (SSSR count). The number of aryl methyl sites for hydroxylation is 1. The molecule has 0 aliphatic heterocycles. The summed E-state index contributed by atoms with van der Waals surface area (Å²) in [7, 11) is 0. The van der Waals surface area contributed by atoms with Crippen LogP contribution in [0.15, 0.2) is 18.2 Å². The lowest BCUT2D eigenvalue weighted by Crippen LogP contribution is -2.09. The van der Waals surface area contributed by atoms with Crippen molar-refractivity contribution in [1.29, 1.82) is 0 Å². The molecule has 2 nitrogen and oxygen atoms in total. The van der Waals surface area contributed by atoms with E-state index in [0.29, 0.717) is 5.92 Å². The van der Waals surface area contributed by atoms with Gasteiger partial charge in [0, 0.05) is 23.5 Å². The summed E-state index contributed by atoms with van der Waals surface area (Å²) in [5.74, 6) is 0.489. The lowest BCUT2D eigenvalue weighted by molar-refractivity contribution is 0.675. The summed E-state index contributed by atoms with van der Waals surface area (Å²) in [5, 5.41) is 2.08. The largest absolute Gasteiger partial charge is 0.357 e. The summed E-state index contributed by atoms with van der Waals surface area (Å²) >= 11 is 6.15. The molecule has 1 atom stereocenters. The Morgan fingerprint density at radius 2 is 2.33 bits per heavy atom. The van der Waals surface area contributed by atoms with Crippen molar-refractivity contribution in [3.8, 4) is 0 Å². The Morgan fingerprint density at radius 1 is 1.47 bits per heavy atom. The van der Waals surface area contributed by atoms with Crippen molar-refractivity contribution < 1.29 is 0 Å². The molecule has 1 aromatic heterocycles. The second kappa shape index (κ2) is 3.26. The van der Waals surface area contributed by atoms with Crippen LogP contribution in [0.25, 0.3) is 10.9 Å². The van der Waals surface area contributed by atoms with Crippen LogP contribution in [-0.4, -0.2) is 11.5 Å². The standard InChI is InChI=1S/C12H13ClN2/c13-10-3-1-2-8-9-5-4-7(6-14)11(9)15-12(8)10/h1-3,7,15H,4-6,14H2. The van der Waals surface area contributed by atoms with Gasteiger partial charge >= 0.3 is 0 Å². The van der Waals surface area contributed by atoms with E-state index < -0.39 is 0 Å². The van der Waals surface area contributed by atoms with Gasteiger partial charge in [-0.3, -0.25) is 0 Å². The number of fused-ring (bicyclic) bond motifs is 3. The highest BCUT2D eigenvalue weighted by Gasteiger charge is 2.25. The van der Waals surface area contributed by atoms with Gasteiger partial charge in [0.05, 0.1) is 10.5 Å². The van der Waals surface area contributed by atoms with E-state index in [4.69, 9.17) is 17.3 Å². The fourth-order valence-electron chi connectivity index (χ4n) is 2.57. The highest BCUT2D eigenvalue weighted by molar-refractivity contribution is 6.35. The topological polar surface area (TPSA) is 41.8 Å². The molecule has 0 fully saturated rings. The third kappa shape index (κ3) is 1.22. The van der Waals surface area contributed by atoms with Crippen LogP contribution in [-0.2, 0) is 6.42 Å². The fourth-order valence-corrected chi connectivity index (χ4v) is 2.80. The van der Waals surface area contributed by atoms with Crippen molar-refractivity contribution in [2.45, 2.75) is 18.8 Å². The first kappa shape index (κ1) is 9.25. The first-order valence-corrected chi connectivity index (χ1v) is 5.68. The maximum Gasteiger partial charge on any atom is 0.0648 e. The average molecular weight is 221 g/mol. The molecule has 0 bridgehead atoms. The zero-order valence-electron chi connectivity index (χ0n) is 8.39. The van der Waals surface area contributed by atoms with Gasteiger partial charge in [0.2, 0.25) is 0 Å². The van der Waals surface area contributed by atoms with Gasteiger partial charge in [0.25, 0.3) is 0 Å². The van der Waals surface area contributed by atoms with E-state index >= 15 is 0 Å². The van der Waals surface area contributed by atoms with Gasteiger partial charge < -0.3 is 10.7 Å². The number of nitrogens with two attached hydrogens (primary N) is 1. The minimum atomic E-state index is 0.489. The third-order valence-corrected chi connectivity index (χ3v) is 3.67. The molecule has 1 aromatic carbocycles. The van der Waals surface area contributed by atoms with E-state index in [1.165, 1.54) is 23.1 Å². The molecule has 3 heteroatoms. The molecular weight excluding hydrogens is 208 g/mol. The van der Waals surface area contributed by atoms with E-state index in [0.717, 1.165) is 23.5 Å². The van der Waals surface area contributed by atoms with Gasteiger partial charge in [0.15, 0.2) is 0 Å². The summed E-state index contributed by atoms with van der Waals surface area (Å²) in [5.41, 5.74) is 9.55. The van der Waals surface area contributed by atoms with Crippen LogP contribution in [0.4, 0.5) is 0 Å². The number of aromatic amines is 1. The Labute approximate surface area is 93.4 Å². The lowest BCUT2D eigenvalue weighted by atomic mass is 10.1. The average Bonchev–Trinajstić information content (AvgIpc) is 2.77. The third-order valence-electron chi connectivity index (χ3n) is 3.36. The van der Waals surface area contributed by atoms with Gasteiger partial charge in [-0.15, -0.1) is 0 Å². The van der Waals surface area contributed by atoms with Crippen LogP contribution < -0.4 is 5.73 Å². The number of hydrogen-bond acceptors (Lipinski definition) is 1. The number of nitrogens with one attached hydrogen (secondary N) is 1. The number of para-hydroxylation sites is 1. The van der Waals surface area contributed by atoms with Crippen LogP contribution in [0, 0.1) is 0 Å².